The highest BCUT2D eigenvalue weighted by atomic mass is 32.2. The first kappa shape index (κ1) is 17.2. The van der Waals surface area contributed by atoms with Crippen molar-refractivity contribution in [3.63, 3.8) is 0 Å². The van der Waals surface area contributed by atoms with Crippen LogP contribution in [0, 0.1) is 0 Å². The zero-order chi connectivity index (χ0) is 17.8. The molecule has 2 heterocycles. The van der Waals surface area contributed by atoms with E-state index in [-0.39, 0.29) is 22.8 Å². The number of benzene rings is 1. The van der Waals surface area contributed by atoms with Gasteiger partial charge in [0.1, 0.15) is 5.58 Å². The summed E-state index contributed by atoms with van der Waals surface area (Å²) in [6.07, 6.45) is 0. The van der Waals surface area contributed by atoms with Gasteiger partial charge in [-0.15, -0.1) is 23.1 Å². The lowest BCUT2D eigenvalue weighted by Gasteiger charge is -2.02. The molecule has 0 aliphatic carbocycles. The van der Waals surface area contributed by atoms with Gasteiger partial charge in [0.2, 0.25) is 5.91 Å². The average Bonchev–Trinajstić information content (AvgIpc) is 3.02. The summed E-state index contributed by atoms with van der Waals surface area (Å²) in [6.45, 7) is 0. The molecule has 3 rings (SSSR count). The number of amides is 2. The van der Waals surface area contributed by atoms with Crippen LogP contribution in [0.1, 0.15) is 16.2 Å². The van der Waals surface area contributed by atoms with Crippen LogP contribution in [0.3, 0.4) is 0 Å². The van der Waals surface area contributed by atoms with Crippen molar-refractivity contribution in [3.05, 3.63) is 57.4 Å². The van der Waals surface area contributed by atoms with E-state index in [1.165, 1.54) is 23.1 Å². The Morgan fingerprint density at radius 3 is 2.92 bits per heavy atom. The van der Waals surface area contributed by atoms with Crippen LogP contribution in [-0.4, -0.2) is 22.6 Å². The summed E-state index contributed by atoms with van der Waals surface area (Å²) < 4.78 is 5.48. The van der Waals surface area contributed by atoms with Gasteiger partial charge in [-0.1, -0.05) is 12.1 Å². The molecule has 0 atom stereocenters. The highest BCUT2D eigenvalue weighted by molar-refractivity contribution is 7.99. The molecule has 3 N–H and O–H groups in total. The molecule has 0 fully saturated rings. The van der Waals surface area contributed by atoms with Gasteiger partial charge in [0.25, 0.3) is 5.91 Å². The maximum Gasteiger partial charge on any atom is 0.293 e. The summed E-state index contributed by atoms with van der Waals surface area (Å²) in [5, 5.41) is 5.19. The number of fused-ring (bicyclic) bond motifs is 1. The lowest BCUT2D eigenvalue weighted by Crippen LogP contribution is -2.15. The van der Waals surface area contributed by atoms with Crippen LogP contribution in [0.25, 0.3) is 11.0 Å². The van der Waals surface area contributed by atoms with Crippen LogP contribution in [-0.2, 0) is 10.5 Å². The van der Waals surface area contributed by atoms with Crippen molar-refractivity contribution in [2.75, 3.05) is 11.1 Å². The van der Waals surface area contributed by atoms with Crippen molar-refractivity contribution >= 4 is 51.0 Å². The molecule has 0 aliphatic rings. The lowest BCUT2D eigenvalue weighted by molar-refractivity contribution is -0.115. The molecule has 9 heteroatoms. The van der Waals surface area contributed by atoms with E-state index in [0.717, 1.165) is 11.8 Å². The smallest absolute Gasteiger partial charge is 0.293 e. The van der Waals surface area contributed by atoms with Crippen LogP contribution >= 0.6 is 23.1 Å². The van der Waals surface area contributed by atoms with Crippen molar-refractivity contribution in [2.24, 2.45) is 5.73 Å². The Bertz CT molecular complexity index is 996. The molecule has 25 heavy (non-hydrogen) atoms. The van der Waals surface area contributed by atoms with E-state index in [1.54, 1.807) is 29.6 Å². The Labute approximate surface area is 150 Å². The Hall–Kier alpha value is -2.65. The fourth-order valence-electron chi connectivity index (χ4n) is 2.06. The van der Waals surface area contributed by atoms with E-state index in [2.05, 4.69) is 10.3 Å². The lowest BCUT2D eigenvalue weighted by atomic mass is 10.2. The predicted octanol–water partition coefficient (Wildman–Crippen LogP) is 2.22. The first-order valence-electron chi connectivity index (χ1n) is 7.17. The van der Waals surface area contributed by atoms with Crippen molar-refractivity contribution in [3.8, 4) is 0 Å². The Morgan fingerprint density at radius 2 is 2.12 bits per heavy atom. The predicted molar refractivity (Wildman–Crippen MR) is 97.9 cm³/mol. The van der Waals surface area contributed by atoms with Crippen molar-refractivity contribution < 1.29 is 14.0 Å². The summed E-state index contributed by atoms with van der Waals surface area (Å²) in [4.78, 5) is 39.3. The van der Waals surface area contributed by atoms with Gasteiger partial charge >= 0.3 is 0 Å². The molecule has 0 bridgehead atoms. The third kappa shape index (κ3) is 4.25. The number of nitrogens with zero attached hydrogens (tertiary/aromatic N) is 1. The molecule has 2 aromatic heterocycles. The fourth-order valence-corrected chi connectivity index (χ4v) is 3.53. The van der Waals surface area contributed by atoms with Crippen molar-refractivity contribution in [2.45, 2.75) is 5.75 Å². The summed E-state index contributed by atoms with van der Waals surface area (Å²) in [6, 6.07) is 7.88. The van der Waals surface area contributed by atoms with E-state index in [0.29, 0.717) is 21.9 Å². The molecule has 0 spiro atoms. The van der Waals surface area contributed by atoms with Crippen LogP contribution in [0.4, 0.5) is 5.13 Å². The summed E-state index contributed by atoms with van der Waals surface area (Å²) in [5.41, 5.74) is 5.87. The van der Waals surface area contributed by atoms with Gasteiger partial charge in [0.15, 0.2) is 16.3 Å². The van der Waals surface area contributed by atoms with Gasteiger partial charge in [-0.25, -0.2) is 4.98 Å². The number of carbonyl (C=O) groups is 2. The largest absolute Gasteiger partial charge is 0.451 e. The van der Waals surface area contributed by atoms with E-state index < -0.39 is 5.91 Å². The number of aromatic nitrogens is 1. The molecule has 2 amide bonds. The number of hydrogen-bond donors (Lipinski definition) is 2. The summed E-state index contributed by atoms with van der Waals surface area (Å²) in [5.74, 6) is -0.292. The molecule has 0 unspecified atom stereocenters. The first-order valence-corrected chi connectivity index (χ1v) is 9.21. The molecule has 1 aromatic carbocycles. The number of nitrogens with one attached hydrogen (secondary N) is 1. The Morgan fingerprint density at radius 1 is 1.32 bits per heavy atom. The van der Waals surface area contributed by atoms with E-state index >= 15 is 0 Å². The molecular weight excluding hydrogens is 362 g/mol. The number of para-hydroxylation sites is 1. The van der Waals surface area contributed by atoms with Gasteiger partial charge in [-0.3, -0.25) is 19.7 Å². The number of anilines is 1. The normalized spacial score (nSPS) is 10.7. The number of nitrogens with two attached hydrogens (primary N) is 1. The standard InChI is InChI=1S/C16H13N3O4S2/c17-14(21)8-24-6-9-7-25-16(18-9)19-15(22)13-5-11(20)10-3-1-2-4-12(10)23-13/h1-5,7H,6,8H2,(H2,17,21)(H,18,19,22). The minimum absolute atomic E-state index is 0.0800. The van der Waals surface area contributed by atoms with Gasteiger partial charge in [-0.05, 0) is 12.1 Å². The van der Waals surface area contributed by atoms with Crippen LogP contribution in [0.5, 0.6) is 0 Å². The number of thioether (sulfide) groups is 1. The summed E-state index contributed by atoms with van der Waals surface area (Å²) in [7, 11) is 0. The van der Waals surface area contributed by atoms with Crippen molar-refractivity contribution in [1.29, 1.82) is 0 Å². The number of rotatable bonds is 6. The quantitative estimate of drug-likeness (QED) is 0.682. The minimum atomic E-state index is -0.548. The first-order chi connectivity index (χ1) is 12.0. The molecular formula is C16H13N3O4S2. The molecule has 0 aliphatic heterocycles. The SMILES string of the molecule is NC(=O)CSCc1csc(NC(=O)c2cc(=O)c3ccccc3o2)n1. The minimum Gasteiger partial charge on any atom is -0.451 e. The summed E-state index contributed by atoms with van der Waals surface area (Å²) >= 11 is 2.59. The number of carbonyl (C=O) groups excluding carboxylic acids is 2. The Balaban J connectivity index is 1.71. The molecule has 0 saturated heterocycles. The zero-order valence-electron chi connectivity index (χ0n) is 12.9. The number of primary amides is 1. The second kappa shape index (κ2) is 7.49. The molecule has 7 nitrogen and oxygen atoms in total. The Kier molecular flexibility index (Phi) is 5.15. The van der Waals surface area contributed by atoms with Gasteiger partial charge in [-0.2, -0.15) is 0 Å². The maximum atomic E-state index is 12.3. The molecule has 3 aromatic rings. The van der Waals surface area contributed by atoms with Gasteiger partial charge in [0, 0.05) is 17.2 Å². The maximum absolute atomic E-state index is 12.3. The van der Waals surface area contributed by atoms with Gasteiger partial charge < -0.3 is 10.2 Å². The van der Waals surface area contributed by atoms with Crippen molar-refractivity contribution in [1.82, 2.24) is 4.98 Å². The van der Waals surface area contributed by atoms with E-state index in [9.17, 15) is 14.4 Å². The topological polar surface area (TPSA) is 115 Å². The second-order valence-electron chi connectivity index (χ2n) is 5.03. The molecule has 128 valence electrons. The highest BCUT2D eigenvalue weighted by Crippen LogP contribution is 2.20. The fraction of sp³-hybridized carbons (Fsp3) is 0.125. The van der Waals surface area contributed by atoms with Crippen LogP contribution in [0.2, 0.25) is 0 Å². The average molecular weight is 375 g/mol. The van der Waals surface area contributed by atoms with Gasteiger partial charge in [0.05, 0.1) is 16.8 Å². The highest BCUT2D eigenvalue weighted by Gasteiger charge is 2.14. The molecule has 0 saturated carbocycles. The molecule has 0 radical (unpaired) electrons. The second-order valence-corrected chi connectivity index (χ2v) is 6.87. The zero-order valence-corrected chi connectivity index (χ0v) is 14.5. The number of thiazole rings is 1. The third-order valence-electron chi connectivity index (χ3n) is 3.12. The third-order valence-corrected chi connectivity index (χ3v) is 4.92. The van der Waals surface area contributed by atoms with Crippen LogP contribution in [0.15, 0.2) is 44.9 Å². The van der Waals surface area contributed by atoms with E-state index in [1.807, 2.05) is 0 Å². The van der Waals surface area contributed by atoms with Crippen LogP contribution < -0.4 is 16.5 Å². The monoisotopic (exact) mass is 375 g/mol. The van der Waals surface area contributed by atoms with E-state index in [4.69, 9.17) is 10.2 Å². The number of hydrogen-bond acceptors (Lipinski definition) is 7.